The van der Waals surface area contributed by atoms with Crippen molar-refractivity contribution < 1.29 is 4.79 Å². The molecule has 1 saturated carbocycles. The molecule has 1 fully saturated rings. The van der Waals surface area contributed by atoms with Gasteiger partial charge >= 0.3 is 0 Å². The first-order valence-electron chi connectivity index (χ1n) is 7.39. The number of hydrogen-bond donors (Lipinski definition) is 1. The van der Waals surface area contributed by atoms with Gasteiger partial charge < -0.3 is 14.5 Å². The molecular formula is C15H21N5O. The van der Waals surface area contributed by atoms with Crippen LogP contribution in [0.3, 0.4) is 0 Å². The SMILES string of the molecule is Cc1nccn1CCC(=O)N[C@H](c1nccn1C)C1CC1. The fourth-order valence-corrected chi connectivity index (χ4v) is 2.61. The minimum absolute atomic E-state index is 0.0429. The Balaban J connectivity index is 1.60. The lowest BCUT2D eigenvalue weighted by atomic mass is 10.1. The summed E-state index contributed by atoms with van der Waals surface area (Å²) in [5.74, 6) is 2.49. The monoisotopic (exact) mass is 287 g/mol. The number of amides is 1. The van der Waals surface area contributed by atoms with Gasteiger partial charge in [0.2, 0.25) is 5.91 Å². The fourth-order valence-electron chi connectivity index (χ4n) is 2.61. The smallest absolute Gasteiger partial charge is 0.222 e. The largest absolute Gasteiger partial charge is 0.346 e. The van der Waals surface area contributed by atoms with E-state index in [0.717, 1.165) is 11.6 Å². The van der Waals surface area contributed by atoms with Crippen LogP contribution in [-0.4, -0.2) is 25.0 Å². The first-order chi connectivity index (χ1) is 10.1. The van der Waals surface area contributed by atoms with E-state index in [1.54, 1.807) is 12.4 Å². The van der Waals surface area contributed by atoms with E-state index in [2.05, 4.69) is 15.3 Å². The molecule has 0 aromatic carbocycles. The third kappa shape index (κ3) is 3.15. The highest BCUT2D eigenvalue weighted by atomic mass is 16.1. The van der Waals surface area contributed by atoms with Gasteiger partial charge in [0.15, 0.2) is 0 Å². The highest BCUT2D eigenvalue weighted by Gasteiger charge is 2.35. The molecule has 112 valence electrons. The molecule has 0 unspecified atom stereocenters. The second-order valence-electron chi connectivity index (χ2n) is 5.70. The van der Waals surface area contributed by atoms with Crippen LogP contribution in [0.15, 0.2) is 24.8 Å². The number of nitrogens with zero attached hydrogens (tertiary/aromatic N) is 4. The molecule has 0 aliphatic heterocycles. The molecule has 1 N–H and O–H groups in total. The first-order valence-corrected chi connectivity index (χ1v) is 7.39. The van der Waals surface area contributed by atoms with Crippen LogP contribution in [0.25, 0.3) is 0 Å². The van der Waals surface area contributed by atoms with E-state index in [9.17, 15) is 4.79 Å². The number of rotatable bonds is 6. The van der Waals surface area contributed by atoms with E-state index >= 15 is 0 Å². The zero-order valence-corrected chi connectivity index (χ0v) is 12.5. The molecule has 0 bridgehead atoms. The Labute approximate surface area is 124 Å². The minimum Gasteiger partial charge on any atom is -0.346 e. The zero-order chi connectivity index (χ0) is 14.8. The molecular weight excluding hydrogens is 266 g/mol. The zero-order valence-electron chi connectivity index (χ0n) is 12.5. The normalized spacial score (nSPS) is 15.9. The van der Waals surface area contributed by atoms with Gasteiger partial charge in [-0.2, -0.15) is 0 Å². The summed E-state index contributed by atoms with van der Waals surface area (Å²) in [5, 5.41) is 3.15. The average molecular weight is 287 g/mol. The van der Waals surface area contributed by atoms with Gasteiger partial charge in [-0.25, -0.2) is 9.97 Å². The molecule has 6 heteroatoms. The van der Waals surface area contributed by atoms with Crippen molar-refractivity contribution in [2.75, 3.05) is 0 Å². The van der Waals surface area contributed by atoms with Crippen molar-refractivity contribution >= 4 is 5.91 Å². The van der Waals surface area contributed by atoms with Crippen LogP contribution in [0.4, 0.5) is 0 Å². The maximum Gasteiger partial charge on any atom is 0.222 e. The molecule has 0 saturated heterocycles. The Kier molecular flexibility index (Phi) is 3.77. The Morgan fingerprint density at radius 1 is 1.38 bits per heavy atom. The fraction of sp³-hybridized carbons (Fsp3) is 0.533. The number of imidazole rings is 2. The van der Waals surface area contributed by atoms with Crippen molar-refractivity contribution in [3.8, 4) is 0 Å². The summed E-state index contributed by atoms with van der Waals surface area (Å²) in [5.41, 5.74) is 0. The number of hydrogen-bond acceptors (Lipinski definition) is 3. The lowest BCUT2D eigenvalue weighted by Gasteiger charge is -2.18. The second kappa shape index (κ2) is 5.71. The maximum absolute atomic E-state index is 12.2. The van der Waals surface area contributed by atoms with E-state index in [1.165, 1.54) is 12.8 Å². The summed E-state index contributed by atoms with van der Waals surface area (Å²) in [6, 6.07) is 0.0429. The van der Waals surface area contributed by atoms with E-state index in [-0.39, 0.29) is 11.9 Å². The highest BCUT2D eigenvalue weighted by molar-refractivity contribution is 5.76. The molecule has 2 heterocycles. The molecule has 0 radical (unpaired) electrons. The number of aromatic nitrogens is 4. The average Bonchev–Trinajstić information content (AvgIpc) is 3.09. The minimum atomic E-state index is 0.0429. The van der Waals surface area contributed by atoms with Crippen molar-refractivity contribution in [2.24, 2.45) is 13.0 Å². The number of carbonyl (C=O) groups excluding carboxylic acids is 1. The predicted molar refractivity (Wildman–Crippen MR) is 78.4 cm³/mol. The van der Waals surface area contributed by atoms with Gasteiger partial charge in [0, 0.05) is 44.8 Å². The molecule has 2 aromatic heterocycles. The Morgan fingerprint density at radius 3 is 2.71 bits per heavy atom. The molecule has 1 aliphatic carbocycles. The Morgan fingerprint density at radius 2 is 2.14 bits per heavy atom. The van der Waals surface area contributed by atoms with E-state index < -0.39 is 0 Å². The third-order valence-electron chi connectivity index (χ3n) is 4.05. The quantitative estimate of drug-likeness (QED) is 0.877. The van der Waals surface area contributed by atoms with Crippen LogP contribution in [0, 0.1) is 12.8 Å². The summed E-state index contributed by atoms with van der Waals surface area (Å²) >= 11 is 0. The van der Waals surface area contributed by atoms with Gasteiger partial charge in [-0.15, -0.1) is 0 Å². The van der Waals surface area contributed by atoms with E-state index in [4.69, 9.17) is 0 Å². The van der Waals surface area contributed by atoms with Crippen LogP contribution in [0.5, 0.6) is 0 Å². The van der Waals surface area contributed by atoms with Crippen LogP contribution in [0.1, 0.15) is 37.0 Å². The molecule has 1 atom stereocenters. The van der Waals surface area contributed by atoms with Crippen LogP contribution in [0.2, 0.25) is 0 Å². The third-order valence-corrected chi connectivity index (χ3v) is 4.05. The second-order valence-corrected chi connectivity index (χ2v) is 5.70. The summed E-state index contributed by atoms with van der Waals surface area (Å²) in [6.07, 6.45) is 10.2. The van der Waals surface area contributed by atoms with Crippen LogP contribution >= 0.6 is 0 Å². The lowest BCUT2D eigenvalue weighted by Crippen LogP contribution is -2.32. The van der Waals surface area contributed by atoms with E-state index in [1.807, 2.05) is 35.5 Å². The first kappa shape index (κ1) is 13.9. The summed E-state index contributed by atoms with van der Waals surface area (Å²) in [7, 11) is 1.97. The number of aryl methyl sites for hydroxylation is 3. The van der Waals surface area contributed by atoms with Gasteiger partial charge in [0.25, 0.3) is 0 Å². The molecule has 3 rings (SSSR count). The standard InChI is InChI=1S/C15H21N5O/c1-11-16-7-10-20(11)8-5-13(21)18-14(12-3-4-12)15-17-6-9-19(15)2/h6-7,9-10,12,14H,3-5,8H2,1-2H3,(H,18,21)/t14-/m0/s1. The molecule has 6 nitrogen and oxygen atoms in total. The highest BCUT2D eigenvalue weighted by Crippen LogP contribution is 2.40. The Bertz CT molecular complexity index is 626. The van der Waals surface area contributed by atoms with Gasteiger partial charge in [0.1, 0.15) is 11.6 Å². The molecule has 2 aromatic rings. The Hall–Kier alpha value is -2.11. The van der Waals surface area contributed by atoms with Crippen molar-refractivity contribution in [3.05, 3.63) is 36.4 Å². The van der Waals surface area contributed by atoms with Crippen LogP contribution < -0.4 is 5.32 Å². The van der Waals surface area contributed by atoms with Gasteiger partial charge in [0.05, 0.1) is 6.04 Å². The van der Waals surface area contributed by atoms with Crippen molar-refractivity contribution in [1.29, 1.82) is 0 Å². The molecule has 1 amide bonds. The number of carbonyl (C=O) groups is 1. The van der Waals surface area contributed by atoms with Crippen molar-refractivity contribution in [1.82, 2.24) is 24.4 Å². The maximum atomic E-state index is 12.2. The molecule has 0 spiro atoms. The van der Waals surface area contributed by atoms with Crippen molar-refractivity contribution in [3.63, 3.8) is 0 Å². The van der Waals surface area contributed by atoms with Crippen LogP contribution in [-0.2, 0) is 18.4 Å². The molecule has 1 aliphatic rings. The predicted octanol–water partition coefficient (Wildman–Crippen LogP) is 1.58. The summed E-state index contributed by atoms with van der Waals surface area (Å²) in [4.78, 5) is 20.8. The number of nitrogens with one attached hydrogen (secondary N) is 1. The van der Waals surface area contributed by atoms with Gasteiger partial charge in [-0.3, -0.25) is 4.79 Å². The van der Waals surface area contributed by atoms with Gasteiger partial charge in [-0.05, 0) is 25.7 Å². The lowest BCUT2D eigenvalue weighted by molar-refractivity contribution is -0.122. The summed E-state index contributed by atoms with van der Waals surface area (Å²) < 4.78 is 3.98. The van der Waals surface area contributed by atoms with Gasteiger partial charge in [-0.1, -0.05) is 0 Å². The topological polar surface area (TPSA) is 64.7 Å². The molecule has 21 heavy (non-hydrogen) atoms. The summed E-state index contributed by atoms with van der Waals surface area (Å²) in [6.45, 7) is 2.61. The van der Waals surface area contributed by atoms with E-state index in [0.29, 0.717) is 18.9 Å². The van der Waals surface area contributed by atoms with Crippen molar-refractivity contribution in [2.45, 2.75) is 38.8 Å².